The first-order valence-corrected chi connectivity index (χ1v) is 11.0. The van der Waals surface area contributed by atoms with E-state index in [-0.39, 0.29) is 11.9 Å². The van der Waals surface area contributed by atoms with Crippen LogP contribution < -0.4 is 5.32 Å². The van der Waals surface area contributed by atoms with Crippen LogP contribution in [0.2, 0.25) is 10.0 Å². The van der Waals surface area contributed by atoms with Crippen LogP contribution >= 0.6 is 23.2 Å². The van der Waals surface area contributed by atoms with Gasteiger partial charge in [0.1, 0.15) is 5.54 Å². The number of nitrogens with zero attached hydrogens (tertiary/aromatic N) is 2. The summed E-state index contributed by atoms with van der Waals surface area (Å²) in [5, 5.41) is 4.02. The van der Waals surface area contributed by atoms with Crippen LogP contribution in [0.3, 0.4) is 0 Å². The van der Waals surface area contributed by atoms with Crippen LogP contribution in [0.1, 0.15) is 39.2 Å². The fourth-order valence-corrected chi connectivity index (χ4v) is 3.69. The summed E-state index contributed by atoms with van der Waals surface area (Å²) in [6, 6.07) is 5.12. The van der Waals surface area contributed by atoms with Crippen molar-refractivity contribution in [1.29, 1.82) is 0 Å². The van der Waals surface area contributed by atoms with Crippen LogP contribution in [0.25, 0.3) is 0 Å². The highest BCUT2D eigenvalue weighted by molar-refractivity contribution is 6.42. The molecule has 0 aromatic heterocycles. The second-order valence-corrected chi connectivity index (χ2v) is 9.08. The maximum absolute atomic E-state index is 12.7. The lowest BCUT2D eigenvalue weighted by molar-refractivity contribution is -0.128. The maximum Gasteiger partial charge on any atom is 0.318 e. The van der Waals surface area contributed by atoms with Crippen molar-refractivity contribution in [2.24, 2.45) is 5.92 Å². The molecule has 1 aliphatic carbocycles. The molecule has 0 spiro atoms. The second-order valence-electron chi connectivity index (χ2n) is 8.26. The third kappa shape index (κ3) is 5.71. The van der Waals surface area contributed by atoms with Crippen molar-refractivity contribution in [1.82, 2.24) is 15.1 Å². The molecule has 1 N–H and O–H groups in total. The monoisotopic (exact) mass is 447 g/mol. The van der Waals surface area contributed by atoms with E-state index >= 15 is 0 Å². The van der Waals surface area contributed by atoms with Gasteiger partial charge >= 0.3 is 6.03 Å². The minimum Gasteiger partial charge on any atom is -0.335 e. The van der Waals surface area contributed by atoms with Crippen molar-refractivity contribution in [3.8, 4) is 11.8 Å². The Morgan fingerprint density at radius 3 is 2.30 bits per heavy atom. The number of allylic oxidation sites excluding steroid dienone is 1. The fraction of sp³-hybridized carbons (Fsp3) is 0.478. The minimum absolute atomic E-state index is 0.0508. The SMILES string of the molecule is C/C(=C\C(C)C)C(=O)N1CCN(C(=O)NC2(C#Cc3ccc(Cl)c(Cl)c3)CC2)CC1. The average Bonchev–Trinajstić information content (AvgIpc) is 3.47. The van der Waals surface area contributed by atoms with Crippen molar-refractivity contribution in [2.75, 3.05) is 26.2 Å². The highest BCUT2D eigenvalue weighted by atomic mass is 35.5. The molecule has 1 aliphatic heterocycles. The lowest BCUT2D eigenvalue weighted by Crippen LogP contribution is -2.55. The third-order valence-corrected chi connectivity index (χ3v) is 5.98. The largest absolute Gasteiger partial charge is 0.335 e. The molecule has 0 radical (unpaired) electrons. The number of halogens is 2. The molecule has 5 nitrogen and oxygen atoms in total. The Labute approximate surface area is 188 Å². The number of hydrogen-bond acceptors (Lipinski definition) is 2. The van der Waals surface area contributed by atoms with Gasteiger partial charge in [-0.3, -0.25) is 4.79 Å². The molecule has 0 atom stereocenters. The Kier molecular flexibility index (Phi) is 7.00. The molecule has 160 valence electrons. The van der Waals surface area contributed by atoms with E-state index in [1.165, 1.54) is 0 Å². The third-order valence-electron chi connectivity index (χ3n) is 5.24. The Bertz CT molecular complexity index is 918. The predicted octanol–water partition coefficient (Wildman–Crippen LogP) is 4.33. The topological polar surface area (TPSA) is 52.7 Å². The summed E-state index contributed by atoms with van der Waals surface area (Å²) in [6.07, 6.45) is 3.63. The summed E-state index contributed by atoms with van der Waals surface area (Å²) in [5.41, 5.74) is 1.05. The van der Waals surface area contributed by atoms with Crippen molar-refractivity contribution in [3.63, 3.8) is 0 Å². The number of carbonyl (C=O) groups excluding carboxylic acids is 2. The summed E-state index contributed by atoms with van der Waals surface area (Å²) in [5.74, 6) is 6.65. The molecule has 1 aromatic carbocycles. The lowest BCUT2D eigenvalue weighted by Gasteiger charge is -2.35. The van der Waals surface area contributed by atoms with E-state index in [9.17, 15) is 9.59 Å². The molecule has 0 bridgehead atoms. The van der Waals surface area contributed by atoms with Gasteiger partial charge in [-0.05, 0) is 43.9 Å². The zero-order valence-corrected chi connectivity index (χ0v) is 19.1. The van der Waals surface area contributed by atoms with Gasteiger partial charge in [0.25, 0.3) is 0 Å². The first kappa shape index (κ1) is 22.5. The molecule has 0 unspecified atom stereocenters. The van der Waals surface area contributed by atoms with E-state index in [2.05, 4.69) is 31.0 Å². The van der Waals surface area contributed by atoms with E-state index in [1.807, 2.05) is 24.0 Å². The number of hydrogen-bond donors (Lipinski definition) is 1. The number of carbonyl (C=O) groups is 2. The molecule has 7 heteroatoms. The Balaban J connectivity index is 1.54. The van der Waals surface area contributed by atoms with Crippen molar-refractivity contribution < 1.29 is 9.59 Å². The molecule has 1 saturated carbocycles. The molecule has 3 rings (SSSR count). The summed E-state index contributed by atoms with van der Waals surface area (Å²) in [4.78, 5) is 28.8. The van der Waals surface area contributed by atoms with Crippen LogP contribution in [-0.2, 0) is 4.79 Å². The molecule has 1 saturated heterocycles. The predicted molar refractivity (Wildman–Crippen MR) is 121 cm³/mol. The number of benzene rings is 1. The van der Waals surface area contributed by atoms with Crippen LogP contribution in [0.5, 0.6) is 0 Å². The van der Waals surface area contributed by atoms with E-state index in [0.717, 1.165) is 24.0 Å². The maximum atomic E-state index is 12.7. The lowest BCUT2D eigenvalue weighted by atomic mass is 10.1. The van der Waals surface area contributed by atoms with Gasteiger partial charge in [-0.25, -0.2) is 4.79 Å². The van der Waals surface area contributed by atoms with Gasteiger partial charge < -0.3 is 15.1 Å². The van der Waals surface area contributed by atoms with Crippen molar-refractivity contribution >= 4 is 35.1 Å². The van der Waals surface area contributed by atoms with Crippen molar-refractivity contribution in [2.45, 2.75) is 39.2 Å². The van der Waals surface area contributed by atoms with Crippen LogP contribution in [0, 0.1) is 17.8 Å². The van der Waals surface area contributed by atoms with Crippen LogP contribution in [0.4, 0.5) is 4.79 Å². The summed E-state index contributed by atoms with van der Waals surface area (Å²) in [6.45, 7) is 8.07. The molecule has 2 fully saturated rings. The van der Waals surface area contributed by atoms with E-state index in [4.69, 9.17) is 23.2 Å². The molecule has 3 amide bonds. The van der Waals surface area contributed by atoms with E-state index in [0.29, 0.717) is 42.1 Å². The smallest absolute Gasteiger partial charge is 0.318 e. The Morgan fingerprint density at radius 2 is 1.73 bits per heavy atom. The molecule has 1 aromatic rings. The highest BCUT2D eigenvalue weighted by Gasteiger charge is 2.43. The molecular weight excluding hydrogens is 421 g/mol. The van der Waals surface area contributed by atoms with Gasteiger partial charge in [-0.15, -0.1) is 0 Å². The number of piperazine rings is 1. The highest BCUT2D eigenvalue weighted by Crippen LogP contribution is 2.35. The Hall–Kier alpha value is -2.16. The van der Waals surface area contributed by atoms with E-state index < -0.39 is 5.54 Å². The van der Waals surface area contributed by atoms with Gasteiger partial charge in [-0.1, -0.05) is 55.0 Å². The quantitative estimate of drug-likeness (QED) is 0.553. The van der Waals surface area contributed by atoms with Gasteiger partial charge in [-0.2, -0.15) is 0 Å². The summed E-state index contributed by atoms with van der Waals surface area (Å²) >= 11 is 12.0. The van der Waals surface area contributed by atoms with Gasteiger partial charge in [0, 0.05) is 37.3 Å². The first-order chi connectivity index (χ1) is 14.2. The van der Waals surface area contributed by atoms with Crippen LogP contribution in [-0.4, -0.2) is 53.5 Å². The van der Waals surface area contributed by atoms with Gasteiger partial charge in [0.15, 0.2) is 0 Å². The number of urea groups is 1. The summed E-state index contributed by atoms with van der Waals surface area (Å²) in [7, 11) is 0. The summed E-state index contributed by atoms with van der Waals surface area (Å²) < 4.78 is 0. The van der Waals surface area contributed by atoms with E-state index in [1.54, 1.807) is 17.0 Å². The first-order valence-electron chi connectivity index (χ1n) is 10.2. The zero-order valence-electron chi connectivity index (χ0n) is 17.6. The molecule has 30 heavy (non-hydrogen) atoms. The van der Waals surface area contributed by atoms with Gasteiger partial charge in [0.05, 0.1) is 10.0 Å². The van der Waals surface area contributed by atoms with Gasteiger partial charge in [0.2, 0.25) is 5.91 Å². The molecule has 2 aliphatic rings. The number of amides is 3. The second kappa shape index (κ2) is 9.32. The molecular formula is C23H27Cl2N3O2. The van der Waals surface area contributed by atoms with Crippen molar-refractivity contribution in [3.05, 3.63) is 45.5 Å². The fourth-order valence-electron chi connectivity index (χ4n) is 3.39. The number of nitrogens with one attached hydrogen (secondary N) is 1. The van der Waals surface area contributed by atoms with Crippen LogP contribution in [0.15, 0.2) is 29.8 Å². The Morgan fingerprint density at radius 1 is 1.10 bits per heavy atom. The normalized spacial score (nSPS) is 18.0. The average molecular weight is 448 g/mol. The minimum atomic E-state index is -0.479. The standard InChI is InChI=1S/C23H27Cl2N3O2/c1-16(2)14-17(3)21(29)27-10-12-28(13-11-27)22(30)26-23(8-9-23)7-6-18-4-5-19(24)20(25)15-18/h4-5,14-16H,8-13H2,1-3H3,(H,26,30)/b17-14+. The zero-order chi connectivity index (χ0) is 21.9. The number of rotatable bonds is 3. The molecule has 1 heterocycles.